The van der Waals surface area contributed by atoms with Crippen LogP contribution in [0.1, 0.15) is 32.1 Å². The number of hydrogen-bond acceptors (Lipinski definition) is 16. The van der Waals surface area contributed by atoms with E-state index in [9.17, 15) is 30.6 Å². The largest absolute Gasteiger partial charge is 0.394 e. The van der Waals surface area contributed by atoms with E-state index in [2.05, 4.69) is 5.32 Å². The monoisotopic (exact) mass is 596 g/mol. The Morgan fingerprint density at radius 2 is 1.56 bits per heavy atom. The van der Waals surface area contributed by atoms with Crippen LogP contribution in [0, 0.1) is 5.92 Å². The molecular formula is C25H52N6O10. The fourth-order valence-electron chi connectivity index (χ4n) is 5.84. The van der Waals surface area contributed by atoms with Gasteiger partial charge in [-0.2, -0.15) is 0 Å². The molecule has 41 heavy (non-hydrogen) atoms. The second-order valence-corrected chi connectivity index (χ2v) is 11.4. The minimum atomic E-state index is -1.46. The molecule has 0 aromatic heterocycles. The number of hydrogen-bond donors (Lipinski definition) is 12. The van der Waals surface area contributed by atoms with Gasteiger partial charge >= 0.3 is 0 Å². The van der Waals surface area contributed by atoms with E-state index in [-0.39, 0.29) is 13.1 Å². The smallest absolute Gasteiger partial charge is 0.186 e. The fraction of sp³-hybridized carbons (Fsp3) is 1.00. The van der Waals surface area contributed by atoms with Crippen LogP contribution in [0.15, 0.2) is 0 Å². The van der Waals surface area contributed by atoms with E-state index in [4.69, 9.17) is 47.6 Å². The maximum Gasteiger partial charge on any atom is 0.186 e. The Bertz CT molecular complexity index is 762. The van der Waals surface area contributed by atoms with Gasteiger partial charge in [-0.25, -0.2) is 0 Å². The molecule has 0 aromatic carbocycles. The molecule has 2 aliphatic heterocycles. The first-order valence-electron chi connectivity index (χ1n) is 14.5. The first-order chi connectivity index (χ1) is 19.6. The van der Waals surface area contributed by atoms with E-state index >= 15 is 0 Å². The topological polar surface area (TPSA) is 300 Å². The van der Waals surface area contributed by atoms with Gasteiger partial charge in [-0.15, -0.1) is 0 Å². The van der Waals surface area contributed by atoms with Crippen molar-refractivity contribution in [3.8, 4) is 0 Å². The molecule has 1 aliphatic carbocycles. The van der Waals surface area contributed by atoms with Crippen molar-refractivity contribution in [3.05, 3.63) is 0 Å². The Morgan fingerprint density at radius 1 is 0.878 bits per heavy atom. The highest BCUT2D eigenvalue weighted by molar-refractivity contribution is 5.00. The summed E-state index contributed by atoms with van der Waals surface area (Å²) in [4.78, 5) is 0. The van der Waals surface area contributed by atoms with Gasteiger partial charge in [-0.05, 0) is 51.1 Å². The van der Waals surface area contributed by atoms with E-state index < -0.39 is 98.2 Å². The maximum atomic E-state index is 11.6. The summed E-state index contributed by atoms with van der Waals surface area (Å²) in [7, 11) is 0. The molecule has 3 aliphatic rings. The molecule has 3 rings (SSSR count). The Hall–Kier alpha value is -0.640. The molecule has 2 heterocycles. The molecule has 17 N–H and O–H groups in total. The van der Waals surface area contributed by atoms with E-state index in [1.807, 2.05) is 0 Å². The SMILES string of the molecule is NCCCN[C@@H]1C[C@H](O)[C@@H](CN)O[C@@H]1O[C@H]1[C@H](O)[C@@H](O[C@H]2O[C@H](CO)[C@@H](O)[C@H](N)[C@H]2O)[C@H](CCC(O)CN)C[C@@H]1N. The third-order valence-corrected chi connectivity index (χ3v) is 8.38. The second kappa shape index (κ2) is 16.4. The van der Waals surface area contributed by atoms with E-state index in [0.29, 0.717) is 45.2 Å². The Labute approximate surface area is 240 Å². The zero-order chi connectivity index (χ0) is 30.3. The number of aliphatic hydroxyl groups excluding tert-OH is 6. The van der Waals surface area contributed by atoms with Crippen LogP contribution in [0.4, 0.5) is 0 Å². The van der Waals surface area contributed by atoms with Gasteiger partial charge in [0.2, 0.25) is 0 Å². The number of nitrogens with two attached hydrogens (primary N) is 5. The zero-order valence-electron chi connectivity index (χ0n) is 23.4. The van der Waals surface area contributed by atoms with E-state index in [1.165, 1.54) is 0 Å². The summed E-state index contributed by atoms with van der Waals surface area (Å²) in [5.41, 5.74) is 29.5. The highest BCUT2D eigenvalue weighted by Crippen LogP contribution is 2.36. The lowest BCUT2D eigenvalue weighted by molar-refractivity contribution is -0.320. The normalized spacial score (nSPS) is 44.6. The average molecular weight is 597 g/mol. The first-order valence-corrected chi connectivity index (χ1v) is 14.5. The van der Waals surface area contributed by atoms with Crippen molar-refractivity contribution in [1.29, 1.82) is 0 Å². The van der Waals surface area contributed by atoms with Crippen LogP contribution in [-0.2, 0) is 18.9 Å². The van der Waals surface area contributed by atoms with Crippen molar-refractivity contribution in [2.45, 2.75) is 118 Å². The van der Waals surface area contributed by atoms with Gasteiger partial charge in [-0.3, -0.25) is 0 Å². The third kappa shape index (κ3) is 8.72. The van der Waals surface area contributed by atoms with Crippen LogP contribution >= 0.6 is 0 Å². The van der Waals surface area contributed by atoms with Gasteiger partial charge in [-0.1, -0.05) is 0 Å². The summed E-state index contributed by atoms with van der Waals surface area (Å²) in [5.74, 6) is -0.406. The predicted molar refractivity (Wildman–Crippen MR) is 146 cm³/mol. The Kier molecular flexibility index (Phi) is 14.0. The zero-order valence-corrected chi connectivity index (χ0v) is 23.4. The van der Waals surface area contributed by atoms with Gasteiger partial charge in [0.1, 0.15) is 30.5 Å². The van der Waals surface area contributed by atoms with Crippen molar-refractivity contribution in [2.75, 3.05) is 32.8 Å². The third-order valence-electron chi connectivity index (χ3n) is 8.38. The summed E-state index contributed by atoms with van der Waals surface area (Å²) < 4.78 is 24.0. The lowest BCUT2D eigenvalue weighted by atomic mass is 9.77. The van der Waals surface area contributed by atoms with Crippen molar-refractivity contribution in [1.82, 2.24) is 5.32 Å². The molecule has 3 fully saturated rings. The van der Waals surface area contributed by atoms with Crippen LogP contribution in [0.3, 0.4) is 0 Å². The summed E-state index contributed by atoms with van der Waals surface area (Å²) >= 11 is 0. The van der Waals surface area contributed by atoms with Crippen molar-refractivity contribution >= 4 is 0 Å². The molecule has 0 aromatic rings. The quantitative estimate of drug-likeness (QED) is 0.0830. The summed E-state index contributed by atoms with van der Waals surface area (Å²) in [6, 6.07) is -2.29. The first kappa shape index (κ1) is 34.8. The average Bonchev–Trinajstić information content (AvgIpc) is 2.96. The van der Waals surface area contributed by atoms with Crippen molar-refractivity contribution in [2.24, 2.45) is 34.6 Å². The minimum Gasteiger partial charge on any atom is -0.394 e. The number of ether oxygens (including phenoxy) is 4. The molecule has 15 atom stereocenters. The summed E-state index contributed by atoms with van der Waals surface area (Å²) in [6.45, 7) is 0.569. The molecule has 0 spiro atoms. The van der Waals surface area contributed by atoms with Gasteiger partial charge in [0, 0.05) is 19.1 Å². The van der Waals surface area contributed by atoms with Crippen molar-refractivity contribution in [3.63, 3.8) is 0 Å². The number of nitrogens with one attached hydrogen (secondary N) is 1. The summed E-state index contributed by atoms with van der Waals surface area (Å²) in [5, 5.41) is 66.0. The maximum absolute atomic E-state index is 11.6. The van der Waals surface area contributed by atoms with Crippen LogP contribution in [0.25, 0.3) is 0 Å². The molecule has 0 bridgehead atoms. The van der Waals surface area contributed by atoms with Gasteiger partial charge in [0.15, 0.2) is 12.6 Å². The molecule has 0 radical (unpaired) electrons. The lowest BCUT2D eigenvalue weighted by Gasteiger charge is -2.49. The van der Waals surface area contributed by atoms with Gasteiger partial charge < -0.3 is 83.6 Å². The molecule has 1 saturated carbocycles. The van der Waals surface area contributed by atoms with Gasteiger partial charge in [0.25, 0.3) is 0 Å². The minimum absolute atomic E-state index is 0.0552. The molecular weight excluding hydrogens is 544 g/mol. The molecule has 0 amide bonds. The number of rotatable bonds is 14. The summed E-state index contributed by atoms with van der Waals surface area (Å²) in [6.07, 6.45) is -9.84. The molecule has 16 nitrogen and oxygen atoms in total. The highest BCUT2D eigenvalue weighted by atomic mass is 16.7. The predicted octanol–water partition coefficient (Wildman–Crippen LogP) is -5.93. The Morgan fingerprint density at radius 3 is 2.20 bits per heavy atom. The second-order valence-electron chi connectivity index (χ2n) is 11.4. The molecule has 1 unspecified atom stereocenters. The number of aliphatic hydroxyl groups is 6. The molecule has 2 saturated heterocycles. The van der Waals surface area contributed by atoms with E-state index in [1.54, 1.807) is 0 Å². The fourth-order valence-corrected chi connectivity index (χ4v) is 5.84. The molecule has 16 heteroatoms. The van der Waals surface area contributed by atoms with Crippen LogP contribution in [0.2, 0.25) is 0 Å². The standard InChI is InChI=1S/C25H52N6O10/c26-4-1-5-31-14-7-15(34)16(9-28)38-24(14)41-23-13(29)6-11(2-3-12(33)8-27)22(21(23)37)40-25-20(36)18(30)19(35)17(10-32)39-25/h11-25,31-37H,1-10,26-30H2/t11-,12?,13+,14-,15+,16-,17-,18+,19-,20-,21-,22+,23-,24-,25-/m1/s1. The van der Waals surface area contributed by atoms with Crippen LogP contribution in [0.5, 0.6) is 0 Å². The van der Waals surface area contributed by atoms with Crippen molar-refractivity contribution < 1.29 is 49.6 Å². The van der Waals surface area contributed by atoms with E-state index in [0.717, 1.165) is 0 Å². The van der Waals surface area contributed by atoms with Crippen LogP contribution < -0.4 is 34.0 Å². The highest BCUT2D eigenvalue weighted by Gasteiger charge is 2.51. The Balaban J connectivity index is 1.81. The lowest BCUT2D eigenvalue weighted by Crippen LogP contribution is -2.66. The molecule has 242 valence electrons. The van der Waals surface area contributed by atoms with Gasteiger partial charge in [0.05, 0.1) is 43.1 Å². The van der Waals surface area contributed by atoms with Crippen LogP contribution in [-0.4, -0.2) is 149 Å².